The van der Waals surface area contributed by atoms with Crippen molar-refractivity contribution in [2.24, 2.45) is 0 Å². The standard InChI is InChI=1S/C13H21N3/c1-10-4-3-6-16-9-12(14-13(10)16)11-5-7-15(2)8-11/h9-11H,3-8H2,1-2H3. The highest BCUT2D eigenvalue weighted by atomic mass is 15.1. The van der Waals surface area contributed by atoms with Gasteiger partial charge in [-0.25, -0.2) is 4.98 Å². The van der Waals surface area contributed by atoms with Crippen LogP contribution in [0.1, 0.15) is 49.5 Å². The van der Waals surface area contributed by atoms with E-state index in [1.165, 1.54) is 50.4 Å². The lowest BCUT2D eigenvalue weighted by atomic mass is 10.0. The first-order valence-electron chi connectivity index (χ1n) is 6.49. The fourth-order valence-electron chi connectivity index (χ4n) is 3.09. The van der Waals surface area contributed by atoms with E-state index < -0.39 is 0 Å². The SMILES string of the molecule is CC1CCCn2cc(C3CCN(C)C3)nc21. The van der Waals surface area contributed by atoms with Crippen LogP contribution in [0.5, 0.6) is 0 Å². The molecule has 2 unspecified atom stereocenters. The number of rotatable bonds is 1. The zero-order valence-electron chi connectivity index (χ0n) is 10.3. The van der Waals surface area contributed by atoms with Gasteiger partial charge in [0.15, 0.2) is 0 Å². The van der Waals surface area contributed by atoms with E-state index in [1.807, 2.05) is 0 Å². The summed E-state index contributed by atoms with van der Waals surface area (Å²) in [6.45, 7) is 5.89. The molecular weight excluding hydrogens is 198 g/mol. The average molecular weight is 219 g/mol. The van der Waals surface area contributed by atoms with Crippen molar-refractivity contribution >= 4 is 0 Å². The molecule has 0 spiro atoms. The lowest BCUT2D eigenvalue weighted by molar-refractivity contribution is 0.411. The van der Waals surface area contributed by atoms with Crippen LogP contribution < -0.4 is 0 Å². The summed E-state index contributed by atoms with van der Waals surface area (Å²) in [4.78, 5) is 7.29. The van der Waals surface area contributed by atoms with Gasteiger partial charge in [-0.1, -0.05) is 6.92 Å². The minimum absolute atomic E-state index is 0.654. The van der Waals surface area contributed by atoms with Crippen LogP contribution in [0.4, 0.5) is 0 Å². The summed E-state index contributed by atoms with van der Waals surface area (Å²) in [6.07, 6.45) is 6.21. The van der Waals surface area contributed by atoms with Gasteiger partial charge in [0.2, 0.25) is 0 Å². The maximum atomic E-state index is 4.88. The largest absolute Gasteiger partial charge is 0.334 e. The number of hydrogen-bond acceptors (Lipinski definition) is 2. The maximum Gasteiger partial charge on any atom is 0.111 e. The summed E-state index contributed by atoms with van der Waals surface area (Å²) < 4.78 is 2.39. The van der Waals surface area contributed by atoms with Gasteiger partial charge in [0.05, 0.1) is 5.69 Å². The number of aryl methyl sites for hydroxylation is 1. The molecule has 0 N–H and O–H groups in total. The lowest BCUT2D eigenvalue weighted by Gasteiger charge is -2.19. The Kier molecular flexibility index (Phi) is 2.51. The van der Waals surface area contributed by atoms with Crippen LogP contribution in [0.25, 0.3) is 0 Å². The zero-order chi connectivity index (χ0) is 11.1. The molecule has 1 aromatic rings. The number of aromatic nitrogens is 2. The van der Waals surface area contributed by atoms with Crippen molar-refractivity contribution in [1.29, 1.82) is 0 Å². The third kappa shape index (κ3) is 1.67. The Balaban J connectivity index is 1.86. The van der Waals surface area contributed by atoms with Crippen molar-refractivity contribution in [3.8, 4) is 0 Å². The molecule has 88 valence electrons. The van der Waals surface area contributed by atoms with Crippen molar-refractivity contribution in [3.63, 3.8) is 0 Å². The van der Waals surface area contributed by atoms with Crippen LogP contribution in [0, 0.1) is 0 Å². The molecule has 1 aromatic heterocycles. The molecule has 2 aliphatic heterocycles. The molecule has 2 aliphatic rings. The number of imidazole rings is 1. The predicted octanol–water partition coefficient (Wildman–Crippen LogP) is 2.20. The summed E-state index contributed by atoms with van der Waals surface area (Å²) >= 11 is 0. The van der Waals surface area contributed by atoms with E-state index in [9.17, 15) is 0 Å². The highest BCUT2D eigenvalue weighted by Crippen LogP contribution is 2.31. The molecular formula is C13H21N3. The van der Waals surface area contributed by atoms with E-state index >= 15 is 0 Å². The first-order chi connectivity index (χ1) is 7.74. The first-order valence-corrected chi connectivity index (χ1v) is 6.49. The Hall–Kier alpha value is -0.830. The summed E-state index contributed by atoms with van der Waals surface area (Å²) in [5, 5.41) is 0. The molecule has 0 saturated carbocycles. The van der Waals surface area contributed by atoms with Crippen molar-refractivity contribution in [3.05, 3.63) is 17.7 Å². The van der Waals surface area contributed by atoms with Crippen LogP contribution in [0.3, 0.4) is 0 Å². The number of likely N-dealkylation sites (tertiary alicyclic amines) is 1. The molecule has 16 heavy (non-hydrogen) atoms. The molecule has 0 bridgehead atoms. The van der Waals surface area contributed by atoms with Gasteiger partial charge in [0, 0.05) is 31.1 Å². The second kappa shape index (κ2) is 3.88. The minimum atomic E-state index is 0.654. The van der Waals surface area contributed by atoms with E-state index in [1.54, 1.807) is 0 Å². The molecule has 2 atom stereocenters. The third-order valence-corrected chi connectivity index (χ3v) is 4.11. The Labute approximate surface area is 97.5 Å². The van der Waals surface area contributed by atoms with E-state index in [2.05, 4.69) is 29.6 Å². The van der Waals surface area contributed by atoms with E-state index in [0.29, 0.717) is 11.8 Å². The minimum Gasteiger partial charge on any atom is -0.334 e. The number of likely N-dealkylation sites (N-methyl/N-ethyl adjacent to an activating group) is 1. The van der Waals surface area contributed by atoms with Gasteiger partial charge in [-0.15, -0.1) is 0 Å². The molecule has 0 radical (unpaired) electrons. The summed E-state index contributed by atoms with van der Waals surface area (Å²) in [5.74, 6) is 2.66. The Morgan fingerprint density at radius 3 is 2.88 bits per heavy atom. The van der Waals surface area contributed by atoms with Gasteiger partial charge in [-0.3, -0.25) is 0 Å². The lowest BCUT2D eigenvalue weighted by Crippen LogP contribution is -2.13. The number of fused-ring (bicyclic) bond motifs is 1. The molecule has 0 aliphatic carbocycles. The van der Waals surface area contributed by atoms with Gasteiger partial charge in [0.25, 0.3) is 0 Å². The summed E-state index contributed by atoms with van der Waals surface area (Å²) in [6, 6.07) is 0. The van der Waals surface area contributed by atoms with Crippen molar-refractivity contribution in [2.75, 3.05) is 20.1 Å². The number of nitrogens with zero attached hydrogens (tertiary/aromatic N) is 3. The van der Waals surface area contributed by atoms with E-state index in [0.717, 1.165) is 0 Å². The van der Waals surface area contributed by atoms with Gasteiger partial charge < -0.3 is 9.47 Å². The topological polar surface area (TPSA) is 21.1 Å². The van der Waals surface area contributed by atoms with Gasteiger partial charge in [-0.2, -0.15) is 0 Å². The molecule has 0 amide bonds. The number of hydrogen-bond donors (Lipinski definition) is 0. The molecule has 3 nitrogen and oxygen atoms in total. The highest BCUT2D eigenvalue weighted by molar-refractivity contribution is 5.15. The summed E-state index contributed by atoms with van der Waals surface area (Å²) in [7, 11) is 2.21. The fraction of sp³-hybridized carbons (Fsp3) is 0.769. The van der Waals surface area contributed by atoms with Crippen molar-refractivity contribution in [1.82, 2.24) is 14.5 Å². The predicted molar refractivity (Wildman–Crippen MR) is 64.7 cm³/mol. The van der Waals surface area contributed by atoms with Crippen LogP contribution in [0.2, 0.25) is 0 Å². The summed E-state index contributed by atoms with van der Waals surface area (Å²) in [5.41, 5.74) is 1.34. The van der Waals surface area contributed by atoms with E-state index in [-0.39, 0.29) is 0 Å². The normalized spacial score (nSPS) is 30.6. The fourth-order valence-corrected chi connectivity index (χ4v) is 3.09. The molecule has 1 fully saturated rings. The van der Waals surface area contributed by atoms with Gasteiger partial charge >= 0.3 is 0 Å². The van der Waals surface area contributed by atoms with Crippen LogP contribution in [0.15, 0.2) is 6.20 Å². The molecule has 0 aromatic carbocycles. The zero-order valence-corrected chi connectivity index (χ0v) is 10.3. The van der Waals surface area contributed by atoms with Crippen LogP contribution in [-0.4, -0.2) is 34.6 Å². The van der Waals surface area contributed by atoms with Crippen LogP contribution >= 0.6 is 0 Å². The monoisotopic (exact) mass is 219 g/mol. The average Bonchev–Trinajstić information content (AvgIpc) is 2.84. The second-order valence-electron chi connectivity index (χ2n) is 5.51. The van der Waals surface area contributed by atoms with Crippen molar-refractivity contribution < 1.29 is 0 Å². The van der Waals surface area contributed by atoms with Crippen LogP contribution in [-0.2, 0) is 6.54 Å². The first kappa shape index (κ1) is 10.3. The Bertz CT molecular complexity index is 383. The van der Waals surface area contributed by atoms with Gasteiger partial charge in [0.1, 0.15) is 5.82 Å². The Morgan fingerprint density at radius 2 is 2.19 bits per heavy atom. The molecule has 1 saturated heterocycles. The second-order valence-corrected chi connectivity index (χ2v) is 5.51. The Morgan fingerprint density at radius 1 is 1.31 bits per heavy atom. The molecule has 3 heteroatoms. The highest BCUT2D eigenvalue weighted by Gasteiger charge is 2.26. The quantitative estimate of drug-likeness (QED) is 0.722. The molecule has 3 rings (SSSR count). The maximum absolute atomic E-state index is 4.88. The van der Waals surface area contributed by atoms with E-state index in [4.69, 9.17) is 4.98 Å². The third-order valence-electron chi connectivity index (χ3n) is 4.11. The van der Waals surface area contributed by atoms with Crippen molar-refractivity contribution in [2.45, 2.75) is 44.6 Å². The molecule has 3 heterocycles. The van der Waals surface area contributed by atoms with Gasteiger partial charge in [-0.05, 0) is 32.9 Å². The smallest absolute Gasteiger partial charge is 0.111 e.